The van der Waals surface area contributed by atoms with Crippen molar-refractivity contribution in [3.63, 3.8) is 0 Å². The minimum absolute atomic E-state index is 0.0298. The molecule has 4 heteroatoms. The quantitative estimate of drug-likeness (QED) is 0.741. The Morgan fingerprint density at radius 3 is 2.67 bits per heavy atom. The molecule has 0 aliphatic heterocycles. The molecule has 1 N–H and O–H groups in total. The minimum Gasteiger partial charge on any atom is -0.390 e. The summed E-state index contributed by atoms with van der Waals surface area (Å²) in [6.45, 7) is 5.65. The van der Waals surface area contributed by atoms with E-state index in [9.17, 15) is 14.7 Å². The fourth-order valence-corrected chi connectivity index (χ4v) is 6.33. The highest BCUT2D eigenvalue weighted by Crippen LogP contribution is 2.67. The standard InChI is InChI=1S/C20H25FO3/c1-11-8-15-14-5-4-12-9-13(22)6-7-19(12,3)20(14,21)16(23)10-18(15,2)17(11)24/h6-7,9,11,14-16,23H,4-5,8,10H2,1-3H3/t11?,14-,15-,16?,18-,19-,20-/m0/s1. The Balaban J connectivity index is 1.84. The van der Waals surface area contributed by atoms with E-state index in [2.05, 4.69) is 0 Å². The summed E-state index contributed by atoms with van der Waals surface area (Å²) in [5.41, 5.74) is -2.61. The van der Waals surface area contributed by atoms with Crippen LogP contribution >= 0.6 is 0 Å². The molecule has 0 aromatic carbocycles. The lowest BCUT2D eigenvalue weighted by atomic mass is 9.46. The van der Waals surface area contributed by atoms with Gasteiger partial charge in [0.2, 0.25) is 0 Å². The number of carbonyl (C=O) groups is 2. The molecular weight excluding hydrogens is 307 g/mol. The highest BCUT2D eigenvalue weighted by atomic mass is 19.1. The number of alkyl halides is 1. The van der Waals surface area contributed by atoms with Crippen molar-refractivity contribution in [1.82, 2.24) is 0 Å². The van der Waals surface area contributed by atoms with E-state index in [0.717, 1.165) is 5.57 Å². The lowest BCUT2D eigenvalue weighted by molar-refractivity contribution is -0.190. The first-order chi connectivity index (χ1) is 11.1. The van der Waals surface area contributed by atoms with E-state index < -0.39 is 22.6 Å². The summed E-state index contributed by atoms with van der Waals surface area (Å²) >= 11 is 0. The first-order valence-corrected chi connectivity index (χ1v) is 9.00. The summed E-state index contributed by atoms with van der Waals surface area (Å²) in [6.07, 6.45) is 5.57. The van der Waals surface area contributed by atoms with Crippen LogP contribution in [0.2, 0.25) is 0 Å². The number of hydrogen-bond acceptors (Lipinski definition) is 3. The monoisotopic (exact) mass is 332 g/mol. The highest BCUT2D eigenvalue weighted by molar-refractivity contribution is 6.01. The smallest absolute Gasteiger partial charge is 0.178 e. The zero-order valence-corrected chi connectivity index (χ0v) is 14.5. The van der Waals surface area contributed by atoms with Crippen molar-refractivity contribution in [1.29, 1.82) is 0 Å². The van der Waals surface area contributed by atoms with E-state index in [1.54, 1.807) is 19.1 Å². The van der Waals surface area contributed by atoms with Crippen molar-refractivity contribution in [3.05, 3.63) is 23.8 Å². The molecule has 0 radical (unpaired) electrons. The van der Waals surface area contributed by atoms with Crippen molar-refractivity contribution in [2.45, 2.75) is 58.2 Å². The van der Waals surface area contributed by atoms with Crippen LogP contribution in [0.1, 0.15) is 46.5 Å². The van der Waals surface area contributed by atoms with Crippen molar-refractivity contribution < 1.29 is 19.1 Å². The number of Topliss-reactive ketones (excluding diaryl/α,β-unsaturated/α-hetero) is 1. The van der Waals surface area contributed by atoms with Crippen LogP contribution in [-0.2, 0) is 9.59 Å². The van der Waals surface area contributed by atoms with Crippen molar-refractivity contribution in [2.24, 2.45) is 28.6 Å². The van der Waals surface area contributed by atoms with Crippen LogP contribution in [-0.4, -0.2) is 28.4 Å². The van der Waals surface area contributed by atoms with Gasteiger partial charge in [0.25, 0.3) is 0 Å². The van der Waals surface area contributed by atoms with E-state index in [0.29, 0.717) is 19.3 Å². The zero-order chi connectivity index (χ0) is 17.5. The SMILES string of the molecule is CC1C[C@H]2[C@@H]3CCC4=CC(=O)C=C[C@]4(C)[C@@]3(F)C(O)C[C@]2(C)C1=O. The summed E-state index contributed by atoms with van der Waals surface area (Å²) in [6, 6.07) is 0. The van der Waals surface area contributed by atoms with Gasteiger partial charge in [0.1, 0.15) is 5.78 Å². The number of ketones is 2. The third-order valence-corrected chi connectivity index (χ3v) is 7.65. The van der Waals surface area contributed by atoms with Crippen LogP contribution in [0.25, 0.3) is 0 Å². The first kappa shape index (κ1) is 16.2. The van der Waals surface area contributed by atoms with Crippen LogP contribution in [0, 0.1) is 28.6 Å². The molecule has 0 heterocycles. The summed E-state index contributed by atoms with van der Waals surface area (Å²) < 4.78 is 16.6. The molecule has 0 amide bonds. The molecule has 0 spiro atoms. The maximum Gasteiger partial charge on any atom is 0.178 e. The summed E-state index contributed by atoms with van der Waals surface area (Å²) in [7, 11) is 0. The van der Waals surface area contributed by atoms with E-state index in [1.807, 2.05) is 13.8 Å². The van der Waals surface area contributed by atoms with Gasteiger partial charge in [-0.15, -0.1) is 0 Å². The Labute approximate surface area is 142 Å². The predicted molar refractivity (Wildman–Crippen MR) is 87.9 cm³/mol. The molecule has 0 bridgehead atoms. The van der Waals surface area contributed by atoms with Crippen LogP contribution < -0.4 is 0 Å². The third kappa shape index (κ3) is 1.66. The number of aliphatic hydroxyl groups is 1. The van der Waals surface area contributed by atoms with Gasteiger partial charge in [0.05, 0.1) is 6.10 Å². The summed E-state index contributed by atoms with van der Waals surface area (Å²) in [5.74, 6) is -0.375. The zero-order valence-electron chi connectivity index (χ0n) is 14.5. The number of rotatable bonds is 0. The normalized spacial score (nSPS) is 53.3. The largest absolute Gasteiger partial charge is 0.390 e. The van der Waals surface area contributed by atoms with Gasteiger partial charge in [0, 0.05) is 22.7 Å². The van der Waals surface area contributed by atoms with E-state index in [-0.39, 0.29) is 35.7 Å². The van der Waals surface area contributed by atoms with Crippen LogP contribution in [0.5, 0.6) is 0 Å². The molecule has 7 atom stereocenters. The molecule has 0 saturated heterocycles. The van der Waals surface area contributed by atoms with Gasteiger partial charge in [-0.25, -0.2) is 4.39 Å². The number of carbonyl (C=O) groups excluding carboxylic acids is 2. The lowest BCUT2D eigenvalue weighted by Gasteiger charge is -2.60. The van der Waals surface area contributed by atoms with E-state index in [1.165, 1.54) is 6.08 Å². The Morgan fingerprint density at radius 1 is 1.25 bits per heavy atom. The molecule has 0 aromatic rings. The fraction of sp³-hybridized carbons (Fsp3) is 0.700. The molecular formula is C20H25FO3. The number of aliphatic hydroxyl groups excluding tert-OH is 1. The molecule has 3 saturated carbocycles. The van der Waals surface area contributed by atoms with Gasteiger partial charge in [-0.3, -0.25) is 9.59 Å². The van der Waals surface area contributed by atoms with E-state index >= 15 is 4.39 Å². The lowest BCUT2D eigenvalue weighted by Crippen LogP contribution is -2.66. The Morgan fingerprint density at radius 2 is 1.96 bits per heavy atom. The molecule has 3 fully saturated rings. The van der Waals surface area contributed by atoms with Gasteiger partial charge in [-0.1, -0.05) is 25.5 Å². The molecule has 24 heavy (non-hydrogen) atoms. The van der Waals surface area contributed by atoms with Crippen molar-refractivity contribution in [2.75, 3.05) is 0 Å². The molecule has 3 nitrogen and oxygen atoms in total. The second-order valence-electron chi connectivity index (χ2n) is 8.77. The van der Waals surface area contributed by atoms with Gasteiger partial charge in [-0.2, -0.15) is 0 Å². The van der Waals surface area contributed by atoms with Crippen molar-refractivity contribution in [3.8, 4) is 0 Å². The Kier molecular flexibility index (Phi) is 3.14. The third-order valence-electron chi connectivity index (χ3n) is 7.65. The average Bonchev–Trinajstić information content (AvgIpc) is 2.74. The number of hydrogen-bond donors (Lipinski definition) is 1. The second-order valence-corrected chi connectivity index (χ2v) is 8.77. The topological polar surface area (TPSA) is 54.4 Å². The number of fused-ring (bicyclic) bond motifs is 5. The number of halogens is 1. The maximum atomic E-state index is 16.6. The van der Waals surface area contributed by atoms with Crippen LogP contribution in [0.15, 0.2) is 23.8 Å². The molecule has 4 aliphatic rings. The average molecular weight is 332 g/mol. The summed E-state index contributed by atoms with van der Waals surface area (Å²) in [5, 5.41) is 10.9. The van der Waals surface area contributed by atoms with Crippen LogP contribution in [0.4, 0.5) is 4.39 Å². The first-order valence-electron chi connectivity index (χ1n) is 9.00. The highest BCUT2D eigenvalue weighted by Gasteiger charge is 2.71. The molecule has 130 valence electrons. The van der Waals surface area contributed by atoms with Gasteiger partial charge < -0.3 is 5.11 Å². The predicted octanol–water partition coefficient (Wildman–Crippen LogP) is 3.17. The van der Waals surface area contributed by atoms with E-state index in [4.69, 9.17) is 0 Å². The molecule has 4 aliphatic carbocycles. The second kappa shape index (κ2) is 4.66. The fourth-order valence-electron chi connectivity index (χ4n) is 6.33. The molecule has 0 aromatic heterocycles. The Hall–Kier alpha value is -1.29. The van der Waals surface area contributed by atoms with Crippen LogP contribution in [0.3, 0.4) is 0 Å². The molecule has 4 rings (SSSR count). The summed E-state index contributed by atoms with van der Waals surface area (Å²) in [4.78, 5) is 24.4. The molecule has 2 unspecified atom stereocenters. The Bertz CT molecular complexity index is 695. The van der Waals surface area contributed by atoms with Gasteiger partial charge in [-0.05, 0) is 50.7 Å². The van der Waals surface area contributed by atoms with Crippen molar-refractivity contribution >= 4 is 11.6 Å². The number of allylic oxidation sites excluding steroid dienone is 4. The van der Waals surface area contributed by atoms with Gasteiger partial charge >= 0.3 is 0 Å². The van der Waals surface area contributed by atoms with Gasteiger partial charge in [0.15, 0.2) is 11.5 Å². The minimum atomic E-state index is -1.82. The maximum absolute atomic E-state index is 16.6.